The first-order chi connectivity index (χ1) is 12.5. The van der Waals surface area contributed by atoms with Crippen LogP contribution < -0.4 is 5.32 Å². The fraction of sp³-hybridized carbons (Fsp3) is 0.200. The summed E-state index contributed by atoms with van der Waals surface area (Å²) in [5.41, 5.74) is 2.04. The van der Waals surface area contributed by atoms with Gasteiger partial charge in [-0.15, -0.1) is 0 Å². The summed E-state index contributed by atoms with van der Waals surface area (Å²) in [5, 5.41) is 4.55. The van der Waals surface area contributed by atoms with Gasteiger partial charge >= 0.3 is 0 Å². The fourth-order valence-corrected chi connectivity index (χ4v) is 3.47. The summed E-state index contributed by atoms with van der Waals surface area (Å²) >= 11 is 11.9. The van der Waals surface area contributed by atoms with E-state index in [2.05, 4.69) is 5.32 Å². The maximum Gasteiger partial charge on any atom is 0.244 e. The van der Waals surface area contributed by atoms with Crippen LogP contribution in [-0.2, 0) is 11.3 Å². The SMILES string of the molecule is CCCC(=O)c1cn(CC(=O)Nc2cc(Cl)cc(Cl)c2)c2ccccc12. The van der Waals surface area contributed by atoms with Crippen LogP contribution in [-0.4, -0.2) is 16.3 Å². The summed E-state index contributed by atoms with van der Waals surface area (Å²) in [7, 11) is 0. The molecule has 0 atom stereocenters. The lowest BCUT2D eigenvalue weighted by Crippen LogP contribution is -2.18. The topological polar surface area (TPSA) is 51.1 Å². The highest BCUT2D eigenvalue weighted by Gasteiger charge is 2.15. The second-order valence-electron chi connectivity index (χ2n) is 6.07. The Kier molecular flexibility index (Phi) is 5.64. The van der Waals surface area contributed by atoms with Crippen molar-refractivity contribution in [1.29, 1.82) is 0 Å². The molecule has 3 aromatic rings. The van der Waals surface area contributed by atoms with E-state index in [0.717, 1.165) is 17.3 Å². The molecule has 0 radical (unpaired) electrons. The summed E-state index contributed by atoms with van der Waals surface area (Å²) in [6.07, 6.45) is 3.03. The third kappa shape index (κ3) is 4.09. The van der Waals surface area contributed by atoms with Gasteiger partial charge in [-0.05, 0) is 30.7 Å². The van der Waals surface area contributed by atoms with Gasteiger partial charge in [-0.3, -0.25) is 9.59 Å². The minimum Gasteiger partial charge on any atom is -0.337 e. The number of carbonyl (C=O) groups is 2. The van der Waals surface area contributed by atoms with Crippen molar-refractivity contribution in [1.82, 2.24) is 4.57 Å². The normalized spacial score (nSPS) is 10.9. The summed E-state index contributed by atoms with van der Waals surface area (Å²) in [4.78, 5) is 24.8. The lowest BCUT2D eigenvalue weighted by molar-refractivity contribution is -0.116. The van der Waals surface area contributed by atoms with Gasteiger partial charge in [0, 0.05) is 44.8 Å². The number of hydrogen-bond donors (Lipinski definition) is 1. The van der Waals surface area contributed by atoms with Crippen molar-refractivity contribution in [2.24, 2.45) is 0 Å². The first-order valence-electron chi connectivity index (χ1n) is 8.35. The van der Waals surface area contributed by atoms with Crippen LogP contribution in [0.5, 0.6) is 0 Å². The van der Waals surface area contributed by atoms with E-state index in [9.17, 15) is 9.59 Å². The van der Waals surface area contributed by atoms with Crippen LogP contribution in [0.3, 0.4) is 0 Å². The fourth-order valence-electron chi connectivity index (χ4n) is 2.94. The summed E-state index contributed by atoms with van der Waals surface area (Å²) < 4.78 is 1.79. The number of fused-ring (bicyclic) bond motifs is 1. The van der Waals surface area contributed by atoms with E-state index in [1.165, 1.54) is 0 Å². The van der Waals surface area contributed by atoms with Gasteiger partial charge in [0.25, 0.3) is 0 Å². The molecule has 0 saturated carbocycles. The van der Waals surface area contributed by atoms with E-state index in [1.807, 2.05) is 31.2 Å². The Balaban J connectivity index is 1.86. The largest absolute Gasteiger partial charge is 0.337 e. The minimum atomic E-state index is -0.224. The third-order valence-electron chi connectivity index (χ3n) is 4.03. The molecule has 0 aliphatic rings. The van der Waals surface area contributed by atoms with Crippen LogP contribution in [0.1, 0.15) is 30.1 Å². The molecule has 26 heavy (non-hydrogen) atoms. The Morgan fingerprint density at radius 1 is 1.08 bits per heavy atom. The molecule has 2 aromatic carbocycles. The van der Waals surface area contributed by atoms with Gasteiger partial charge in [0.05, 0.1) is 0 Å². The van der Waals surface area contributed by atoms with Crippen molar-refractivity contribution in [2.75, 3.05) is 5.32 Å². The van der Waals surface area contributed by atoms with Crippen LogP contribution in [0.2, 0.25) is 10.0 Å². The highest BCUT2D eigenvalue weighted by atomic mass is 35.5. The highest BCUT2D eigenvalue weighted by Crippen LogP contribution is 2.24. The van der Waals surface area contributed by atoms with Crippen molar-refractivity contribution in [3.05, 3.63) is 64.3 Å². The molecular formula is C20H18Cl2N2O2. The molecule has 4 nitrogen and oxygen atoms in total. The van der Waals surface area contributed by atoms with Crippen molar-refractivity contribution >= 4 is 51.5 Å². The van der Waals surface area contributed by atoms with Crippen molar-refractivity contribution in [3.63, 3.8) is 0 Å². The van der Waals surface area contributed by atoms with E-state index < -0.39 is 0 Å². The molecule has 0 fully saturated rings. The molecule has 1 amide bonds. The predicted octanol–water partition coefficient (Wildman–Crippen LogP) is 5.57. The molecular weight excluding hydrogens is 371 g/mol. The van der Waals surface area contributed by atoms with E-state index in [4.69, 9.17) is 23.2 Å². The highest BCUT2D eigenvalue weighted by molar-refractivity contribution is 6.35. The van der Waals surface area contributed by atoms with E-state index >= 15 is 0 Å². The molecule has 0 aliphatic heterocycles. The zero-order chi connectivity index (χ0) is 18.7. The number of anilines is 1. The number of nitrogens with one attached hydrogen (secondary N) is 1. The number of amides is 1. The Hall–Kier alpha value is -2.30. The predicted molar refractivity (Wildman–Crippen MR) is 106 cm³/mol. The Labute approximate surface area is 161 Å². The molecule has 6 heteroatoms. The molecule has 0 bridgehead atoms. The van der Waals surface area contributed by atoms with Gasteiger partial charge in [0.15, 0.2) is 5.78 Å². The molecule has 1 aromatic heterocycles. The second-order valence-corrected chi connectivity index (χ2v) is 6.94. The van der Waals surface area contributed by atoms with Gasteiger partial charge in [-0.25, -0.2) is 0 Å². The number of hydrogen-bond acceptors (Lipinski definition) is 2. The maximum atomic E-state index is 12.4. The van der Waals surface area contributed by atoms with Crippen LogP contribution in [0.4, 0.5) is 5.69 Å². The molecule has 0 unspecified atom stereocenters. The maximum absolute atomic E-state index is 12.4. The zero-order valence-electron chi connectivity index (χ0n) is 14.3. The lowest BCUT2D eigenvalue weighted by Gasteiger charge is -2.08. The number of rotatable bonds is 6. The van der Waals surface area contributed by atoms with Crippen LogP contribution in [0.25, 0.3) is 10.9 Å². The molecule has 1 heterocycles. The Morgan fingerprint density at radius 3 is 2.46 bits per heavy atom. The number of benzene rings is 2. The number of halogens is 2. The number of para-hydroxylation sites is 1. The van der Waals surface area contributed by atoms with Gasteiger partial charge < -0.3 is 9.88 Å². The summed E-state index contributed by atoms with van der Waals surface area (Å²) in [6, 6.07) is 12.5. The third-order valence-corrected chi connectivity index (χ3v) is 4.46. The first kappa shape index (κ1) is 18.5. The Morgan fingerprint density at radius 2 is 1.77 bits per heavy atom. The van der Waals surface area contributed by atoms with E-state index in [1.54, 1.807) is 29.0 Å². The van der Waals surface area contributed by atoms with Gasteiger partial charge in [-0.2, -0.15) is 0 Å². The quantitative estimate of drug-likeness (QED) is 0.561. The first-order valence-corrected chi connectivity index (χ1v) is 9.10. The number of aromatic nitrogens is 1. The average Bonchev–Trinajstić information content (AvgIpc) is 2.93. The van der Waals surface area contributed by atoms with Crippen molar-refractivity contribution in [2.45, 2.75) is 26.3 Å². The number of nitrogens with zero attached hydrogens (tertiary/aromatic N) is 1. The molecule has 134 valence electrons. The molecule has 0 spiro atoms. The second kappa shape index (κ2) is 7.94. The molecule has 0 aliphatic carbocycles. The molecule has 0 saturated heterocycles. The van der Waals surface area contributed by atoms with Crippen molar-refractivity contribution in [3.8, 4) is 0 Å². The number of Topliss-reactive ketones (excluding diaryl/α,β-unsaturated/α-hetero) is 1. The molecule has 1 N–H and O–H groups in total. The van der Waals surface area contributed by atoms with E-state index in [0.29, 0.717) is 27.7 Å². The van der Waals surface area contributed by atoms with E-state index in [-0.39, 0.29) is 18.2 Å². The monoisotopic (exact) mass is 388 g/mol. The summed E-state index contributed by atoms with van der Waals surface area (Å²) in [5.74, 6) is -0.136. The van der Waals surface area contributed by atoms with Crippen molar-refractivity contribution < 1.29 is 9.59 Å². The minimum absolute atomic E-state index is 0.0874. The van der Waals surface area contributed by atoms with Gasteiger partial charge in [0.1, 0.15) is 6.54 Å². The summed E-state index contributed by atoms with van der Waals surface area (Å²) in [6.45, 7) is 2.06. The zero-order valence-corrected chi connectivity index (χ0v) is 15.8. The molecule has 3 rings (SSSR count). The number of ketones is 1. The lowest BCUT2D eigenvalue weighted by atomic mass is 10.1. The van der Waals surface area contributed by atoms with Gasteiger partial charge in [0.2, 0.25) is 5.91 Å². The number of carbonyl (C=O) groups excluding carboxylic acids is 2. The van der Waals surface area contributed by atoms with Crippen LogP contribution in [0, 0.1) is 0 Å². The van der Waals surface area contributed by atoms with Crippen LogP contribution in [0.15, 0.2) is 48.7 Å². The smallest absolute Gasteiger partial charge is 0.244 e. The van der Waals surface area contributed by atoms with Gasteiger partial charge in [-0.1, -0.05) is 48.3 Å². The average molecular weight is 389 g/mol. The van der Waals surface area contributed by atoms with Crippen LogP contribution >= 0.6 is 23.2 Å². The standard InChI is InChI=1S/C20H18Cl2N2O2/c1-2-5-19(25)17-11-24(18-7-4-3-6-16(17)18)12-20(26)23-15-9-13(21)8-14(22)10-15/h3-4,6-11H,2,5,12H2,1H3,(H,23,26). The Bertz CT molecular complexity index is 959.